The van der Waals surface area contributed by atoms with Crippen LogP contribution in [0.1, 0.15) is 25.7 Å². The minimum Gasteiger partial charge on any atom is -0.381 e. The van der Waals surface area contributed by atoms with E-state index in [1.807, 2.05) is 0 Å². The summed E-state index contributed by atoms with van der Waals surface area (Å²) in [6.45, 7) is 0.867. The smallest absolute Gasteiger partial charge is 0.158 e. The molecule has 1 saturated heterocycles. The van der Waals surface area contributed by atoms with Gasteiger partial charge in [0.2, 0.25) is 0 Å². The number of hydrogen-bond donors (Lipinski definition) is 2. The summed E-state index contributed by atoms with van der Waals surface area (Å²) in [5.74, 6) is 0. The molecule has 4 heteroatoms. The summed E-state index contributed by atoms with van der Waals surface area (Å²) >= 11 is 0. The summed E-state index contributed by atoms with van der Waals surface area (Å²) in [4.78, 5) is 0. The minimum absolute atomic E-state index is 0.00393. The molecule has 1 aliphatic heterocycles. The van der Waals surface area contributed by atoms with Crippen molar-refractivity contribution in [2.75, 3.05) is 13.3 Å². The van der Waals surface area contributed by atoms with E-state index < -0.39 is 0 Å². The molecule has 2 fully saturated rings. The number of rotatable bonds is 4. The highest BCUT2D eigenvalue weighted by atomic mass is 16.7. The predicted octanol–water partition coefficient (Wildman–Crippen LogP) is 0.210. The Morgan fingerprint density at radius 1 is 1.46 bits per heavy atom. The Kier molecular flexibility index (Phi) is 3.16. The van der Waals surface area contributed by atoms with Crippen LogP contribution in [-0.2, 0) is 9.47 Å². The molecule has 0 amide bonds. The molecule has 3 atom stereocenters. The van der Waals surface area contributed by atoms with E-state index in [1.54, 1.807) is 0 Å². The van der Waals surface area contributed by atoms with Gasteiger partial charge in [-0.2, -0.15) is 0 Å². The van der Waals surface area contributed by atoms with Gasteiger partial charge in [-0.25, -0.2) is 0 Å². The van der Waals surface area contributed by atoms with Gasteiger partial charge < -0.3 is 14.6 Å². The van der Waals surface area contributed by atoms with Crippen LogP contribution in [0.4, 0.5) is 0 Å². The third-order valence-electron chi connectivity index (χ3n) is 2.55. The highest BCUT2D eigenvalue weighted by Gasteiger charge is 2.39. The molecule has 2 rings (SSSR count). The van der Waals surface area contributed by atoms with Crippen LogP contribution >= 0.6 is 0 Å². The molecule has 2 N–H and O–H groups in total. The van der Waals surface area contributed by atoms with Crippen LogP contribution in [0.25, 0.3) is 0 Å². The summed E-state index contributed by atoms with van der Waals surface area (Å²) in [6, 6.07) is 0.343. The molecule has 1 aliphatic carbocycles. The Bertz CT molecular complexity index is 159. The minimum atomic E-state index is 0.00393. The van der Waals surface area contributed by atoms with E-state index in [1.165, 1.54) is 6.42 Å². The van der Waals surface area contributed by atoms with Gasteiger partial charge in [-0.3, -0.25) is 5.32 Å². The number of aliphatic hydroxyl groups excluding tert-OH is 1. The molecular formula is C9H17NO3. The highest BCUT2D eigenvalue weighted by molar-refractivity contribution is 4.94. The maximum absolute atomic E-state index is 8.60. The van der Waals surface area contributed by atoms with Crippen molar-refractivity contribution >= 4 is 0 Å². The molecule has 0 aromatic carbocycles. The van der Waals surface area contributed by atoms with Crippen molar-refractivity contribution in [2.45, 2.75) is 44.1 Å². The van der Waals surface area contributed by atoms with Crippen molar-refractivity contribution in [3.8, 4) is 0 Å². The first-order chi connectivity index (χ1) is 6.40. The van der Waals surface area contributed by atoms with Gasteiger partial charge in [0.15, 0.2) is 6.29 Å². The van der Waals surface area contributed by atoms with Gasteiger partial charge in [-0.15, -0.1) is 0 Å². The highest BCUT2D eigenvalue weighted by Crippen LogP contribution is 2.28. The van der Waals surface area contributed by atoms with E-state index in [9.17, 15) is 0 Å². The average Bonchev–Trinajstić information content (AvgIpc) is 2.86. The van der Waals surface area contributed by atoms with Crippen LogP contribution in [0.3, 0.4) is 0 Å². The standard InChI is InChI=1S/C9H17NO3/c11-6-10-7-5-8(7)13-9-3-1-2-4-12-9/h7-11H,1-6H2. The lowest BCUT2D eigenvalue weighted by Crippen LogP contribution is -2.27. The molecule has 0 aromatic rings. The first kappa shape index (κ1) is 9.40. The SMILES string of the molecule is OCNC1CC1OC1CCCCO1. The monoisotopic (exact) mass is 187 g/mol. The lowest BCUT2D eigenvalue weighted by molar-refractivity contribution is -0.170. The van der Waals surface area contributed by atoms with Crippen molar-refractivity contribution in [3.05, 3.63) is 0 Å². The maximum atomic E-state index is 8.60. The van der Waals surface area contributed by atoms with Gasteiger partial charge in [0, 0.05) is 12.6 Å². The molecule has 1 saturated carbocycles. The van der Waals surface area contributed by atoms with Crippen LogP contribution in [0, 0.1) is 0 Å². The van der Waals surface area contributed by atoms with E-state index in [-0.39, 0.29) is 19.1 Å². The van der Waals surface area contributed by atoms with Gasteiger partial charge in [0.25, 0.3) is 0 Å². The van der Waals surface area contributed by atoms with Crippen molar-refractivity contribution in [1.29, 1.82) is 0 Å². The van der Waals surface area contributed by atoms with Crippen LogP contribution in [-0.4, -0.2) is 36.9 Å². The van der Waals surface area contributed by atoms with Gasteiger partial charge in [0.05, 0.1) is 12.8 Å². The maximum Gasteiger partial charge on any atom is 0.158 e. The second kappa shape index (κ2) is 4.37. The second-order valence-electron chi connectivity index (χ2n) is 3.68. The zero-order chi connectivity index (χ0) is 9.10. The molecule has 1 heterocycles. The Balaban J connectivity index is 1.62. The molecule has 13 heavy (non-hydrogen) atoms. The van der Waals surface area contributed by atoms with Crippen LogP contribution in [0.5, 0.6) is 0 Å². The quantitative estimate of drug-likeness (QED) is 0.618. The van der Waals surface area contributed by atoms with Crippen LogP contribution in [0.15, 0.2) is 0 Å². The first-order valence-corrected chi connectivity index (χ1v) is 5.01. The van der Waals surface area contributed by atoms with Gasteiger partial charge >= 0.3 is 0 Å². The molecule has 0 aromatic heterocycles. The van der Waals surface area contributed by atoms with Crippen LogP contribution in [0.2, 0.25) is 0 Å². The number of ether oxygens (including phenoxy) is 2. The fraction of sp³-hybridized carbons (Fsp3) is 1.00. The van der Waals surface area contributed by atoms with E-state index in [2.05, 4.69) is 5.32 Å². The van der Waals surface area contributed by atoms with E-state index >= 15 is 0 Å². The number of aliphatic hydroxyl groups is 1. The Hall–Kier alpha value is -0.160. The predicted molar refractivity (Wildman–Crippen MR) is 47.1 cm³/mol. The molecule has 0 radical (unpaired) electrons. The van der Waals surface area contributed by atoms with E-state index in [0.29, 0.717) is 6.04 Å². The second-order valence-corrected chi connectivity index (χ2v) is 3.68. The summed E-state index contributed by atoms with van der Waals surface area (Å²) < 4.78 is 11.1. The average molecular weight is 187 g/mol. The van der Waals surface area contributed by atoms with Gasteiger partial charge in [-0.1, -0.05) is 0 Å². The van der Waals surface area contributed by atoms with Crippen LogP contribution < -0.4 is 5.32 Å². The summed E-state index contributed by atoms with van der Waals surface area (Å²) in [5.41, 5.74) is 0. The summed E-state index contributed by atoms with van der Waals surface area (Å²) in [6.07, 6.45) is 4.64. The molecular weight excluding hydrogens is 170 g/mol. The molecule has 3 unspecified atom stereocenters. The van der Waals surface area contributed by atoms with Gasteiger partial charge in [-0.05, 0) is 25.7 Å². The lowest BCUT2D eigenvalue weighted by Gasteiger charge is -2.22. The molecule has 0 bridgehead atoms. The fourth-order valence-corrected chi connectivity index (χ4v) is 1.67. The Labute approximate surface area is 78.2 Å². The van der Waals surface area contributed by atoms with Crippen molar-refractivity contribution in [2.24, 2.45) is 0 Å². The molecule has 2 aliphatic rings. The zero-order valence-corrected chi connectivity index (χ0v) is 7.74. The van der Waals surface area contributed by atoms with E-state index in [0.717, 1.165) is 25.9 Å². The third-order valence-corrected chi connectivity index (χ3v) is 2.55. The summed E-state index contributed by atoms with van der Waals surface area (Å²) in [7, 11) is 0. The number of nitrogens with one attached hydrogen (secondary N) is 1. The molecule has 76 valence electrons. The third kappa shape index (κ3) is 2.64. The van der Waals surface area contributed by atoms with Crippen molar-refractivity contribution < 1.29 is 14.6 Å². The van der Waals surface area contributed by atoms with Gasteiger partial charge in [0.1, 0.15) is 0 Å². The molecule has 0 spiro atoms. The Morgan fingerprint density at radius 2 is 2.38 bits per heavy atom. The summed E-state index contributed by atoms with van der Waals surface area (Å²) in [5, 5.41) is 11.5. The van der Waals surface area contributed by atoms with Crippen molar-refractivity contribution in [1.82, 2.24) is 5.32 Å². The molecule has 4 nitrogen and oxygen atoms in total. The zero-order valence-electron chi connectivity index (χ0n) is 7.74. The normalized spacial score (nSPS) is 39.0. The topological polar surface area (TPSA) is 50.7 Å². The van der Waals surface area contributed by atoms with Crippen molar-refractivity contribution in [3.63, 3.8) is 0 Å². The Morgan fingerprint density at radius 3 is 3.08 bits per heavy atom. The lowest BCUT2D eigenvalue weighted by atomic mass is 10.2. The first-order valence-electron chi connectivity index (χ1n) is 5.01. The fourth-order valence-electron chi connectivity index (χ4n) is 1.67. The number of hydrogen-bond acceptors (Lipinski definition) is 4. The van der Waals surface area contributed by atoms with E-state index in [4.69, 9.17) is 14.6 Å². The largest absolute Gasteiger partial charge is 0.381 e.